The molecule has 3 rings (SSSR count). The number of hydroxylamine groups is 2. The van der Waals surface area contributed by atoms with Crippen molar-refractivity contribution in [3.05, 3.63) is 105 Å². The first-order chi connectivity index (χ1) is 23.4. The molecular formula is C32H30ClN5O9STc. The Hall–Kier alpha value is -4.63. The Bertz CT molecular complexity index is 1740. The van der Waals surface area contributed by atoms with Crippen molar-refractivity contribution in [2.45, 2.75) is 20.3 Å². The number of carbonyl (C=O) groups is 6. The molecule has 0 spiro atoms. The number of aliphatic carboxylic acids is 1. The average Bonchev–Trinajstić information content (AvgIpc) is 3.36. The zero-order chi connectivity index (χ0) is 36.5. The van der Waals surface area contributed by atoms with Crippen molar-refractivity contribution < 1.29 is 61.1 Å². The third kappa shape index (κ3) is 12.4. The normalized spacial score (nSPS) is 10.7. The number of benzene rings is 2. The predicted octanol–water partition coefficient (Wildman–Crippen LogP) is 4.30. The summed E-state index contributed by atoms with van der Waals surface area (Å²) in [6.07, 6.45) is 6.43. The number of hydrogen-bond acceptors (Lipinski definition) is 9. The van der Waals surface area contributed by atoms with Crippen LogP contribution in [0, 0.1) is 6.92 Å². The van der Waals surface area contributed by atoms with Crippen LogP contribution in [0.2, 0.25) is 5.02 Å². The van der Waals surface area contributed by atoms with E-state index in [0.29, 0.717) is 32.7 Å². The third-order valence-electron chi connectivity index (χ3n) is 6.43. The Morgan fingerprint density at radius 2 is 1.55 bits per heavy atom. The summed E-state index contributed by atoms with van der Waals surface area (Å²) in [6, 6.07) is 10.9. The number of carboxylic acid groups (broad SMARTS) is 1. The summed E-state index contributed by atoms with van der Waals surface area (Å²) >= 11 is 11.4. The van der Waals surface area contributed by atoms with E-state index in [4.69, 9.17) is 19.9 Å². The van der Waals surface area contributed by atoms with Gasteiger partial charge in [-0.2, -0.15) is 5.06 Å². The first kappa shape index (κ1) is 40.5. The molecule has 4 amide bonds. The number of rotatable bonds is 15. The van der Waals surface area contributed by atoms with Gasteiger partial charge in [-0.25, -0.2) is 0 Å². The fraction of sp³-hybridized carbons (Fsp3) is 0.250. The van der Waals surface area contributed by atoms with Crippen LogP contribution in [-0.4, -0.2) is 82.2 Å². The number of nitrogens with zero attached hydrogens (tertiary/aromatic N) is 5. The van der Waals surface area contributed by atoms with Gasteiger partial charge < -0.3 is 52.9 Å². The van der Waals surface area contributed by atoms with Crippen LogP contribution in [0.1, 0.15) is 28.5 Å². The summed E-state index contributed by atoms with van der Waals surface area (Å²) in [7, 11) is 0. The second kappa shape index (κ2) is 20.7. The summed E-state index contributed by atoms with van der Waals surface area (Å²) in [5, 5.41) is 22.0. The van der Waals surface area contributed by atoms with E-state index >= 15 is 0 Å². The fourth-order valence-electron chi connectivity index (χ4n) is 4.23. The van der Waals surface area contributed by atoms with E-state index in [0.717, 1.165) is 23.9 Å². The molecule has 3 aromatic rings. The van der Waals surface area contributed by atoms with E-state index in [9.17, 15) is 33.9 Å². The van der Waals surface area contributed by atoms with Crippen molar-refractivity contribution in [2.24, 2.45) is 0 Å². The molecular weight excluding hydrogens is 765 g/mol. The maximum atomic E-state index is 13.5. The molecule has 0 aliphatic rings. The van der Waals surface area contributed by atoms with Gasteiger partial charge in [-0.3, -0.25) is 19.0 Å². The molecule has 0 aliphatic carbocycles. The van der Waals surface area contributed by atoms with Crippen molar-refractivity contribution in [1.82, 2.24) is 9.63 Å². The van der Waals surface area contributed by atoms with Gasteiger partial charge in [-0.15, -0.1) is 5.75 Å². The van der Waals surface area contributed by atoms with E-state index < -0.39 is 49.2 Å². The number of fused-ring (bicyclic) bond motifs is 1. The standard InChI is InChI=1S/C32H34ClN5O8S.O.Tc/c1-3-4-5-6-13-37(30(42)18-36-28(40)16-34-27(39)17-35-29(41)19-47)46-23-11-12-26-25(14-23)24(15-31(43)44)20(2)38(26)32(45)21-7-9-22(33)10-8-21;;/h3-12,14H,13,15-19H2,1-2H3,(H5,34,35,36,39,40,41,43,44,47);;/q;;+4/p-4/b4-3+,6-5+;;/i;;1+1. The number of allylic oxidation sites excluding steroid dienone is 3. The van der Waals surface area contributed by atoms with Crippen LogP contribution in [-0.2, 0) is 65.4 Å². The van der Waals surface area contributed by atoms with Gasteiger partial charge in [0.05, 0.1) is 18.5 Å². The Morgan fingerprint density at radius 3 is 2.14 bits per heavy atom. The number of carboxylic acids is 1. The van der Waals surface area contributed by atoms with Crippen molar-refractivity contribution in [2.75, 3.05) is 31.9 Å². The first-order valence-electron chi connectivity index (χ1n) is 14.2. The van der Waals surface area contributed by atoms with Crippen LogP contribution >= 0.6 is 11.6 Å². The Morgan fingerprint density at radius 1 is 0.939 bits per heavy atom. The molecule has 1 heterocycles. The quantitative estimate of drug-likeness (QED) is 0.131. The maximum absolute atomic E-state index is 13.5. The second-order valence-electron chi connectivity index (χ2n) is 9.74. The van der Waals surface area contributed by atoms with E-state index in [2.05, 4.69) is 28.6 Å². The zero-order valence-corrected chi connectivity index (χ0v) is 29.6. The van der Waals surface area contributed by atoms with Gasteiger partial charge in [0.25, 0.3) is 5.91 Å². The van der Waals surface area contributed by atoms with Crippen LogP contribution in [0.25, 0.3) is 26.9 Å². The van der Waals surface area contributed by atoms with E-state index in [1.54, 1.807) is 61.6 Å². The van der Waals surface area contributed by atoms with Crippen molar-refractivity contribution in [3.8, 4) is 5.75 Å². The fourth-order valence-corrected chi connectivity index (χ4v) is 4.45. The molecule has 257 valence electrons. The Balaban J connectivity index is 0.00000409. The van der Waals surface area contributed by atoms with Gasteiger partial charge in [0.1, 0.15) is 0 Å². The van der Waals surface area contributed by atoms with Crippen LogP contribution in [0.4, 0.5) is 0 Å². The molecule has 14 nitrogen and oxygen atoms in total. The van der Waals surface area contributed by atoms with Gasteiger partial charge >= 0.3 is 28.3 Å². The zero-order valence-electron chi connectivity index (χ0n) is 26.2. The van der Waals surface area contributed by atoms with Crippen LogP contribution in [0.5, 0.6) is 5.75 Å². The molecule has 0 saturated carbocycles. The molecule has 49 heavy (non-hydrogen) atoms. The first-order valence-corrected chi connectivity index (χ1v) is 15.9. The van der Waals surface area contributed by atoms with Crippen LogP contribution in [0.3, 0.4) is 0 Å². The van der Waals surface area contributed by atoms with Gasteiger partial charge in [-0.1, -0.05) is 49.0 Å². The van der Waals surface area contributed by atoms with Gasteiger partial charge in [0.15, 0.2) is 5.75 Å². The predicted molar refractivity (Wildman–Crippen MR) is 178 cm³/mol. The van der Waals surface area contributed by atoms with Gasteiger partial charge in [0.2, 0.25) is 5.91 Å². The summed E-state index contributed by atoms with van der Waals surface area (Å²) < 4.78 is 9.63. The molecule has 0 unspecified atom stereocenters. The minimum absolute atomic E-state index is 0.0523. The molecule has 17 heteroatoms. The molecule has 0 fully saturated rings. The number of aromatic nitrogens is 1. The summed E-state index contributed by atoms with van der Waals surface area (Å²) in [5.41, 5.74) is 1.57. The number of hydrogen-bond donors (Lipinski definition) is 1. The molecule has 1 aromatic heterocycles. The van der Waals surface area contributed by atoms with Gasteiger partial charge in [-0.05, 0) is 68.4 Å². The topological polar surface area (TPSA) is 199 Å². The van der Waals surface area contributed by atoms with Gasteiger partial charge in [0, 0.05) is 39.4 Å². The summed E-state index contributed by atoms with van der Waals surface area (Å²) in [6.45, 7) is 1.59. The van der Waals surface area contributed by atoms with E-state index in [-0.39, 0.29) is 30.4 Å². The average molecular weight is 795 g/mol. The van der Waals surface area contributed by atoms with E-state index in [1.165, 1.54) is 16.7 Å². The molecule has 0 radical (unpaired) electrons. The number of amides is 4. The number of carbonyl (C=O) groups excluding carboxylic acids is 5. The van der Waals surface area contributed by atoms with Crippen molar-refractivity contribution in [3.63, 3.8) is 0 Å². The monoisotopic (exact) mass is 794 g/mol. The Labute approximate surface area is 302 Å². The van der Waals surface area contributed by atoms with Crippen molar-refractivity contribution in [1.29, 1.82) is 0 Å². The van der Waals surface area contributed by atoms with Crippen LogP contribution < -0.4 is 4.84 Å². The number of halogens is 1. The molecule has 2 aromatic carbocycles. The molecule has 0 aliphatic heterocycles. The molecule has 0 atom stereocenters. The molecule has 0 saturated heterocycles. The third-order valence-corrected chi connectivity index (χ3v) is 6.93. The van der Waals surface area contributed by atoms with E-state index in [1.807, 2.05) is 6.92 Å². The SMILES string of the molecule is C/C=C/C=C/CN(Oc1ccc2c(c1)c(CC(=O)O)c(C)n2C(=O)c1ccc(Cl)cc1)C(=O)C[N-]C(=O)C[N-]C(=O)C[N-]C(=O)C[S-].[O]=[99Tc+4]. The van der Waals surface area contributed by atoms with Crippen LogP contribution in [0.15, 0.2) is 66.8 Å². The Kier molecular flexibility index (Phi) is 17.1. The van der Waals surface area contributed by atoms with Crippen molar-refractivity contribution >= 4 is 70.6 Å². The summed E-state index contributed by atoms with van der Waals surface area (Å²) in [4.78, 5) is 79.2. The molecule has 1 N–H and O–H groups in total. The summed E-state index contributed by atoms with van der Waals surface area (Å²) in [5.74, 6) is -4.65. The second-order valence-corrected chi connectivity index (χ2v) is 10.5. The minimum atomic E-state index is -1.11. The molecule has 0 bridgehead atoms.